The van der Waals surface area contributed by atoms with Crippen molar-refractivity contribution >= 4 is 39.1 Å². The first-order valence-corrected chi connectivity index (χ1v) is 11.0. The molecule has 0 aliphatic carbocycles. The van der Waals surface area contributed by atoms with Gasteiger partial charge >= 0.3 is 0 Å². The summed E-state index contributed by atoms with van der Waals surface area (Å²) in [5, 5.41) is 21.0. The number of aryl methyl sites for hydroxylation is 1. The van der Waals surface area contributed by atoms with Crippen LogP contribution in [0.25, 0.3) is 5.76 Å². The fraction of sp³-hybridized carbons (Fsp3) is 0.154. The number of nitrogens with zero attached hydrogens (tertiary/aromatic N) is 1. The molecule has 0 bridgehead atoms. The maximum Gasteiger partial charge on any atom is 0.300 e. The summed E-state index contributed by atoms with van der Waals surface area (Å²) in [7, 11) is 1.53. The molecule has 1 atom stereocenters. The highest BCUT2D eigenvalue weighted by Gasteiger charge is 2.47. The number of Topliss-reactive ketones (excluding diaryl/α,β-unsaturated/α-hetero) is 1. The fourth-order valence-electron chi connectivity index (χ4n) is 4.02. The maximum atomic E-state index is 13.3. The Kier molecular flexibility index (Phi) is 5.99. The molecule has 0 spiro atoms. The van der Waals surface area contributed by atoms with Crippen molar-refractivity contribution in [3.05, 3.63) is 93.0 Å². The van der Waals surface area contributed by atoms with Crippen molar-refractivity contribution in [3.63, 3.8) is 0 Å². The molecule has 4 rings (SSSR count). The lowest BCUT2D eigenvalue weighted by Crippen LogP contribution is -2.30. The van der Waals surface area contributed by atoms with E-state index in [-0.39, 0.29) is 17.1 Å². The SMILES string of the molecule is COc1ccc(/C(O)=C2\C(=O)C(=O)N(c3cccc(C)c3C)C2c2ccc(O)cc2)cc1Br. The number of ether oxygens (including phenoxy) is 1. The number of carbonyl (C=O) groups is 2. The summed E-state index contributed by atoms with van der Waals surface area (Å²) >= 11 is 3.40. The van der Waals surface area contributed by atoms with E-state index < -0.39 is 17.7 Å². The first-order valence-electron chi connectivity index (χ1n) is 10.2. The number of anilines is 1. The van der Waals surface area contributed by atoms with Gasteiger partial charge in [-0.15, -0.1) is 0 Å². The predicted octanol–water partition coefficient (Wildman–Crippen LogP) is 5.41. The number of methoxy groups -OCH3 is 1. The second kappa shape index (κ2) is 8.75. The highest BCUT2D eigenvalue weighted by Crippen LogP contribution is 2.44. The number of halogens is 1. The molecule has 0 aromatic heterocycles. The summed E-state index contributed by atoms with van der Waals surface area (Å²) in [5.74, 6) is -1.17. The first-order chi connectivity index (χ1) is 15.7. The summed E-state index contributed by atoms with van der Waals surface area (Å²) in [6, 6.07) is 15.8. The average molecular weight is 508 g/mol. The fourth-order valence-corrected chi connectivity index (χ4v) is 4.56. The summed E-state index contributed by atoms with van der Waals surface area (Å²) in [6.07, 6.45) is 0. The molecule has 0 radical (unpaired) electrons. The van der Waals surface area contributed by atoms with Gasteiger partial charge in [0.15, 0.2) is 0 Å². The van der Waals surface area contributed by atoms with Crippen molar-refractivity contribution in [2.24, 2.45) is 0 Å². The quantitative estimate of drug-likeness (QED) is 0.280. The lowest BCUT2D eigenvalue weighted by molar-refractivity contribution is -0.132. The van der Waals surface area contributed by atoms with Crippen molar-refractivity contribution < 1.29 is 24.5 Å². The third-order valence-corrected chi connectivity index (χ3v) is 6.53. The van der Waals surface area contributed by atoms with Crippen LogP contribution in [0.15, 0.2) is 70.7 Å². The molecule has 1 unspecified atom stereocenters. The molecule has 3 aromatic carbocycles. The number of hydrogen-bond acceptors (Lipinski definition) is 5. The van der Waals surface area contributed by atoms with Crippen LogP contribution in [-0.2, 0) is 9.59 Å². The molecular weight excluding hydrogens is 486 g/mol. The number of phenolic OH excluding ortho intramolecular Hbond substituents is 1. The number of amides is 1. The smallest absolute Gasteiger partial charge is 0.300 e. The van der Waals surface area contributed by atoms with Gasteiger partial charge in [0.25, 0.3) is 11.7 Å². The van der Waals surface area contributed by atoms with Gasteiger partial charge in [0.1, 0.15) is 17.3 Å². The maximum absolute atomic E-state index is 13.3. The monoisotopic (exact) mass is 507 g/mol. The molecule has 33 heavy (non-hydrogen) atoms. The lowest BCUT2D eigenvalue weighted by Gasteiger charge is -2.27. The van der Waals surface area contributed by atoms with Gasteiger partial charge in [0.2, 0.25) is 0 Å². The largest absolute Gasteiger partial charge is 0.508 e. The van der Waals surface area contributed by atoms with Crippen molar-refractivity contribution in [3.8, 4) is 11.5 Å². The third-order valence-electron chi connectivity index (χ3n) is 5.91. The molecule has 1 aliphatic heterocycles. The third kappa shape index (κ3) is 3.89. The number of rotatable bonds is 4. The molecule has 1 saturated heterocycles. The van der Waals surface area contributed by atoms with Crippen LogP contribution < -0.4 is 9.64 Å². The van der Waals surface area contributed by atoms with Gasteiger partial charge in [-0.2, -0.15) is 0 Å². The summed E-state index contributed by atoms with van der Waals surface area (Å²) in [6.45, 7) is 3.82. The zero-order valence-electron chi connectivity index (χ0n) is 18.3. The number of benzene rings is 3. The second-order valence-electron chi connectivity index (χ2n) is 7.83. The first kappa shape index (κ1) is 22.6. The zero-order chi connectivity index (χ0) is 23.9. The molecule has 0 saturated carbocycles. The summed E-state index contributed by atoms with van der Waals surface area (Å²) < 4.78 is 5.84. The van der Waals surface area contributed by atoms with Crippen LogP contribution in [0.3, 0.4) is 0 Å². The highest BCUT2D eigenvalue weighted by molar-refractivity contribution is 9.10. The molecule has 6 nitrogen and oxygen atoms in total. The number of ketones is 1. The van der Waals surface area contributed by atoms with Gasteiger partial charge in [-0.25, -0.2) is 0 Å². The number of aromatic hydroxyl groups is 1. The van der Waals surface area contributed by atoms with Crippen molar-refractivity contribution in [1.29, 1.82) is 0 Å². The molecular formula is C26H22BrNO5. The Morgan fingerprint density at radius 1 is 1.03 bits per heavy atom. The van der Waals surface area contributed by atoms with E-state index in [9.17, 15) is 19.8 Å². The Hall–Kier alpha value is -3.58. The molecule has 1 heterocycles. The van der Waals surface area contributed by atoms with Crippen LogP contribution in [0.1, 0.15) is 28.3 Å². The molecule has 3 aromatic rings. The number of phenols is 1. The normalized spacial score (nSPS) is 17.5. The molecule has 1 aliphatic rings. The van der Waals surface area contributed by atoms with Gasteiger partial charge in [-0.3, -0.25) is 14.5 Å². The molecule has 168 valence electrons. The van der Waals surface area contributed by atoms with Gasteiger partial charge in [0, 0.05) is 11.3 Å². The van der Waals surface area contributed by atoms with E-state index in [0.29, 0.717) is 27.0 Å². The Bertz CT molecular complexity index is 1300. The second-order valence-corrected chi connectivity index (χ2v) is 8.68. The van der Waals surface area contributed by atoms with E-state index >= 15 is 0 Å². The Morgan fingerprint density at radius 2 is 1.73 bits per heavy atom. The number of carbonyl (C=O) groups excluding carboxylic acids is 2. The van der Waals surface area contributed by atoms with E-state index in [1.807, 2.05) is 26.0 Å². The molecule has 1 fully saturated rings. The Balaban J connectivity index is 1.97. The zero-order valence-corrected chi connectivity index (χ0v) is 19.9. The molecule has 7 heteroatoms. The van der Waals surface area contributed by atoms with E-state index in [1.165, 1.54) is 24.1 Å². The number of aliphatic hydroxyl groups excluding tert-OH is 1. The van der Waals surface area contributed by atoms with Crippen LogP contribution in [0, 0.1) is 13.8 Å². The van der Waals surface area contributed by atoms with Gasteiger partial charge in [-0.1, -0.05) is 24.3 Å². The minimum atomic E-state index is -0.869. The van der Waals surface area contributed by atoms with Crippen molar-refractivity contribution in [2.75, 3.05) is 12.0 Å². The van der Waals surface area contributed by atoms with Gasteiger partial charge in [-0.05, 0) is 82.9 Å². The number of aliphatic hydroxyl groups is 1. The molecule has 2 N–H and O–H groups in total. The van der Waals surface area contributed by atoms with E-state index in [0.717, 1.165) is 11.1 Å². The van der Waals surface area contributed by atoms with Crippen LogP contribution in [0.5, 0.6) is 11.5 Å². The average Bonchev–Trinajstić information content (AvgIpc) is 3.06. The van der Waals surface area contributed by atoms with Crippen LogP contribution in [-0.4, -0.2) is 29.0 Å². The van der Waals surface area contributed by atoms with Crippen molar-refractivity contribution in [1.82, 2.24) is 0 Å². The van der Waals surface area contributed by atoms with Gasteiger partial charge in [0.05, 0.1) is 23.2 Å². The lowest BCUT2D eigenvalue weighted by atomic mass is 9.94. The van der Waals surface area contributed by atoms with E-state index in [2.05, 4.69) is 15.9 Å². The Morgan fingerprint density at radius 3 is 2.36 bits per heavy atom. The van der Waals surface area contributed by atoms with Crippen LogP contribution in [0.2, 0.25) is 0 Å². The minimum absolute atomic E-state index is 0.0244. The van der Waals surface area contributed by atoms with E-state index in [4.69, 9.17) is 4.74 Å². The summed E-state index contributed by atoms with van der Waals surface area (Å²) in [4.78, 5) is 28.0. The minimum Gasteiger partial charge on any atom is -0.508 e. The summed E-state index contributed by atoms with van der Waals surface area (Å²) in [5.41, 5.74) is 3.34. The Labute approximate surface area is 199 Å². The highest BCUT2D eigenvalue weighted by atomic mass is 79.9. The predicted molar refractivity (Wildman–Crippen MR) is 129 cm³/mol. The van der Waals surface area contributed by atoms with Gasteiger partial charge < -0.3 is 14.9 Å². The number of hydrogen-bond donors (Lipinski definition) is 2. The van der Waals surface area contributed by atoms with Crippen LogP contribution >= 0.6 is 15.9 Å². The topological polar surface area (TPSA) is 87.1 Å². The van der Waals surface area contributed by atoms with E-state index in [1.54, 1.807) is 36.4 Å². The van der Waals surface area contributed by atoms with Crippen molar-refractivity contribution in [2.45, 2.75) is 19.9 Å². The molecule has 1 amide bonds. The van der Waals surface area contributed by atoms with Crippen LogP contribution in [0.4, 0.5) is 5.69 Å². The standard InChI is InChI=1S/C26H22BrNO5/c1-14-5-4-6-20(15(14)2)28-23(16-7-10-18(29)11-8-16)22(25(31)26(28)32)24(30)17-9-12-21(33-3)19(27)13-17/h4-13,23,29-30H,1-3H3/b24-22+.